The van der Waals surface area contributed by atoms with Crippen molar-refractivity contribution in [3.05, 3.63) is 0 Å². The van der Waals surface area contributed by atoms with Crippen LogP contribution in [0.3, 0.4) is 0 Å². The average molecular weight is 203 g/mol. The van der Waals surface area contributed by atoms with Crippen LogP contribution in [0.4, 0.5) is 0 Å². The van der Waals surface area contributed by atoms with Crippen LogP contribution in [-0.2, 0) is 4.74 Å². The van der Waals surface area contributed by atoms with Gasteiger partial charge in [-0.2, -0.15) is 11.8 Å². The van der Waals surface area contributed by atoms with Gasteiger partial charge < -0.3 is 10.5 Å². The molecule has 0 radical (unpaired) electrons. The molecule has 1 heterocycles. The fourth-order valence-corrected chi connectivity index (χ4v) is 3.26. The first kappa shape index (κ1) is 11.3. The molecule has 1 aliphatic heterocycles. The summed E-state index contributed by atoms with van der Waals surface area (Å²) < 4.78 is 5.32. The van der Waals surface area contributed by atoms with Gasteiger partial charge in [0.15, 0.2) is 0 Å². The van der Waals surface area contributed by atoms with E-state index in [4.69, 9.17) is 10.5 Å². The van der Waals surface area contributed by atoms with Gasteiger partial charge in [-0.05, 0) is 26.2 Å². The fourth-order valence-electron chi connectivity index (χ4n) is 1.72. The highest BCUT2D eigenvalue weighted by atomic mass is 32.2. The molecule has 1 aliphatic rings. The lowest BCUT2D eigenvalue weighted by Crippen LogP contribution is -2.23. The van der Waals surface area contributed by atoms with Crippen molar-refractivity contribution in [2.75, 3.05) is 13.2 Å². The third kappa shape index (κ3) is 4.89. The van der Waals surface area contributed by atoms with Gasteiger partial charge in [-0.25, -0.2) is 0 Å². The molecule has 3 heteroatoms. The molecule has 0 aromatic carbocycles. The maximum atomic E-state index is 5.76. The zero-order valence-corrected chi connectivity index (χ0v) is 9.48. The van der Waals surface area contributed by atoms with E-state index in [-0.39, 0.29) is 0 Å². The Morgan fingerprint density at radius 1 is 1.38 bits per heavy atom. The maximum absolute atomic E-state index is 5.76. The van der Waals surface area contributed by atoms with Gasteiger partial charge in [0.2, 0.25) is 0 Å². The second kappa shape index (κ2) is 5.89. The monoisotopic (exact) mass is 203 g/mol. The number of thioether (sulfide) groups is 1. The second-order valence-electron chi connectivity index (χ2n) is 3.97. The van der Waals surface area contributed by atoms with Crippen LogP contribution in [0.25, 0.3) is 0 Å². The third-order valence-corrected chi connectivity index (χ3v) is 3.81. The summed E-state index contributed by atoms with van der Waals surface area (Å²) >= 11 is 2.09. The molecule has 13 heavy (non-hydrogen) atoms. The predicted molar refractivity (Wildman–Crippen MR) is 59.2 cm³/mol. The van der Waals surface area contributed by atoms with Crippen LogP contribution >= 0.6 is 11.8 Å². The van der Waals surface area contributed by atoms with Crippen molar-refractivity contribution in [1.29, 1.82) is 0 Å². The molecule has 0 amide bonds. The van der Waals surface area contributed by atoms with E-state index in [1.54, 1.807) is 0 Å². The van der Waals surface area contributed by atoms with Crippen LogP contribution in [0, 0.1) is 0 Å². The summed E-state index contributed by atoms with van der Waals surface area (Å²) in [6.07, 6.45) is 3.56. The first-order chi connectivity index (χ1) is 6.18. The zero-order chi connectivity index (χ0) is 9.68. The summed E-state index contributed by atoms with van der Waals surface area (Å²) in [5.74, 6) is 0. The molecule has 1 saturated heterocycles. The van der Waals surface area contributed by atoms with Crippen LogP contribution in [0.1, 0.15) is 33.1 Å². The Morgan fingerprint density at radius 3 is 2.54 bits per heavy atom. The molecule has 1 rings (SSSR count). The summed E-state index contributed by atoms with van der Waals surface area (Å²) in [6.45, 7) is 6.26. The number of hydrogen-bond donors (Lipinski definition) is 1. The molecule has 0 aromatic heterocycles. The molecule has 2 unspecified atom stereocenters. The molecule has 2 nitrogen and oxygen atoms in total. The lowest BCUT2D eigenvalue weighted by Gasteiger charge is -2.25. The quantitative estimate of drug-likeness (QED) is 0.759. The molecule has 2 N–H and O–H groups in total. The van der Waals surface area contributed by atoms with Gasteiger partial charge in [-0.1, -0.05) is 6.92 Å². The summed E-state index contributed by atoms with van der Waals surface area (Å²) in [5.41, 5.74) is 5.76. The molecule has 0 aliphatic carbocycles. The van der Waals surface area contributed by atoms with Crippen LogP contribution in [0.2, 0.25) is 0 Å². The summed E-state index contributed by atoms with van der Waals surface area (Å²) in [6, 6.07) is 0.336. The van der Waals surface area contributed by atoms with E-state index in [0.717, 1.165) is 24.9 Å². The van der Waals surface area contributed by atoms with E-state index in [0.29, 0.717) is 11.3 Å². The van der Waals surface area contributed by atoms with E-state index >= 15 is 0 Å². The Kier molecular flexibility index (Phi) is 5.14. The van der Waals surface area contributed by atoms with Crippen molar-refractivity contribution in [2.24, 2.45) is 5.73 Å². The molecular weight excluding hydrogens is 182 g/mol. The summed E-state index contributed by atoms with van der Waals surface area (Å²) in [5, 5.41) is 1.51. The van der Waals surface area contributed by atoms with Crippen LogP contribution in [-0.4, -0.2) is 29.8 Å². The van der Waals surface area contributed by atoms with Crippen LogP contribution in [0.15, 0.2) is 0 Å². The Morgan fingerprint density at radius 2 is 2.00 bits per heavy atom. The summed E-state index contributed by atoms with van der Waals surface area (Å²) in [4.78, 5) is 0. The number of nitrogens with two attached hydrogens (primary N) is 1. The largest absolute Gasteiger partial charge is 0.381 e. The summed E-state index contributed by atoms with van der Waals surface area (Å²) in [7, 11) is 0. The van der Waals surface area contributed by atoms with Crippen molar-refractivity contribution in [2.45, 2.75) is 49.7 Å². The Hall–Kier alpha value is 0.270. The Balaban J connectivity index is 2.14. The van der Waals surface area contributed by atoms with Gasteiger partial charge in [0.25, 0.3) is 0 Å². The average Bonchev–Trinajstić information content (AvgIpc) is 2.04. The standard InChI is InChI=1S/C10H21NOS/c1-8(11)7-9(2)13-10-3-5-12-6-4-10/h8-10H,3-7,11H2,1-2H3. The minimum atomic E-state index is 0.336. The molecule has 0 bridgehead atoms. The van der Waals surface area contributed by atoms with Gasteiger partial charge in [-0.3, -0.25) is 0 Å². The first-order valence-corrected chi connectivity index (χ1v) is 6.11. The third-order valence-electron chi connectivity index (χ3n) is 2.30. The smallest absolute Gasteiger partial charge is 0.0476 e. The van der Waals surface area contributed by atoms with Gasteiger partial charge in [0, 0.05) is 29.8 Å². The van der Waals surface area contributed by atoms with Gasteiger partial charge >= 0.3 is 0 Å². The lowest BCUT2D eigenvalue weighted by molar-refractivity contribution is 0.0999. The number of rotatable bonds is 4. The first-order valence-electron chi connectivity index (χ1n) is 5.17. The van der Waals surface area contributed by atoms with E-state index in [2.05, 4.69) is 25.6 Å². The number of hydrogen-bond acceptors (Lipinski definition) is 3. The zero-order valence-electron chi connectivity index (χ0n) is 8.66. The highest BCUT2D eigenvalue weighted by Crippen LogP contribution is 2.27. The van der Waals surface area contributed by atoms with Crippen LogP contribution in [0.5, 0.6) is 0 Å². The van der Waals surface area contributed by atoms with E-state index in [1.165, 1.54) is 12.8 Å². The fraction of sp³-hybridized carbons (Fsp3) is 1.00. The van der Waals surface area contributed by atoms with Gasteiger partial charge in [0.1, 0.15) is 0 Å². The molecule has 0 spiro atoms. The van der Waals surface area contributed by atoms with E-state index in [9.17, 15) is 0 Å². The maximum Gasteiger partial charge on any atom is 0.0476 e. The van der Waals surface area contributed by atoms with E-state index in [1.807, 2.05) is 0 Å². The Bertz CT molecular complexity index is 135. The predicted octanol–water partition coefficient (Wildman–Crippen LogP) is 2.02. The highest BCUT2D eigenvalue weighted by Gasteiger charge is 2.17. The molecule has 78 valence electrons. The minimum Gasteiger partial charge on any atom is -0.381 e. The van der Waals surface area contributed by atoms with Crippen LogP contribution < -0.4 is 5.73 Å². The Labute approximate surface area is 85.6 Å². The van der Waals surface area contributed by atoms with Gasteiger partial charge in [0.05, 0.1) is 0 Å². The van der Waals surface area contributed by atoms with Crippen molar-refractivity contribution >= 4 is 11.8 Å². The van der Waals surface area contributed by atoms with Crippen molar-refractivity contribution in [3.8, 4) is 0 Å². The normalized spacial score (nSPS) is 24.2. The topological polar surface area (TPSA) is 35.2 Å². The highest BCUT2D eigenvalue weighted by molar-refractivity contribution is 8.00. The van der Waals surface area contributed by atoms with E-state index < -0.39 is 0 Å². The van der Waals surface area contributed by atoms with Crippen molar-refractivity contribution < 1.29 is 4.74 Å². The minimum absolute atomic E-state index is 0.336. The van der Waals surface area contributed by atoms with Crippen molar-refractivity contribution in [1.82, 2.24) is 0 Å². The second-order valence-corrected chi connectivity index (χ2v) is 5.71. The SMILES string of the molecule is CC(N)CC(C)SC1CCOCC1. The lowest BCUT2D eigenvalue weighted by atomic mass is 10.2. The number of ether oxygens (including phenoxy) is 1. The molecule has 1 fully saturated rings. The molecular formula is C10H21NOS. The molecule has 0 saturated carbocycles. The van der Waals surface area contributed by atoms with Crippen molar-refractivity contribution in [3.63, 3.8) is 0 Å². The molecule has 0 aromatic rings. The van der Waals surface area contributed by atoms with Gasteiger partial charge in [-0.15, -0.1) is 0 Å². The molecule has 2 atom stereocenters.